The maximum atomic E-state index is 12.9. The van der Waals surface area contributed by atoms with Gasteiger partial charge in [-0.2, -0.15) is 5.10 Å². The van der Waals surface area contributed by atoms with Gasteiger partial charge in [-0.1, -0.05) is 12.1 Å². The highest BCUT2D eigenvalue weighted by Gasteiger charge is 2.18. The summed E-state index contributed by atoms with van der Waals surface area (Å²) in [5.41, 5.74) is 7.05. The molecule has 18 heavy (non-hydrogen) atoms. The molecule has 3 nitrogen and oxygen atoms in total. The summed E-state index contributed by atoms with van der Waals surface area (Å²) >= 11 is 1.65. The first kappa shape index (κ1) is 13.1. The molecule has 0 spiro atoms. The van der Waals surface area contributed by atoms with E-state index in [0.717, 1.165) is 10.5 Å². The number of hydrogen-bond donors (Lipinski definition) is 1. The van der Waals surface area contributed by atoms with Crippen molar-refractivity contribution in [3.05, 3.63) is 48.0 Å². The number of nitrogens with zero attached hydrogens (tertiary/aromatic N) is 2. The van der Waals surface area contributed by atoms with Crippen LogP contribution in [0.2, 0.25) is 0 Å². The van der Waals surface area contributed by atoms with Crippen molar-refractivity contribution in [2.45, 2.75) is 23.1 Å². The highest BCUT2D eigenvalue weighted by molar-refractivity contribution is 7.99. The summed E-state index contributed by atoms with van der Waals surface area (Å²) in [5, 5.41) is 4.22. The summed E-state index contributed by atoms with van der Waals surface area (Å²) in [6, 6.07) is 6.48. The molecular formula is C13H16FN3S. The summed E-state index contributed by atoms with van der Waals surface area (Å²) < 4.78 is 14.7. The SMILES string of the molecule is CC(N)C(Sc1cnn(C)c1)c1ccc(F)cc1. The number of halogens is 1. The molecule has 0 amide bonds. The molecule has 5 heteroatoms. The van der Waals surface area contributed by atoms with Gasteiger partial charge in [-0.25, -0.2) is 4.39 Å². The Morgan fingerprint density at radius 3 is 2.50 bits per heavy atom. The van der Waals surface area contributed by atoms with Gasteiger partial charge in [0.1, 0.15) is 5.82 Å². The van der Waals surface area contributed by atoms with Gasteiger partial charge in [-0.3, -0.25) is 4.68 Å². The lowest BCUT2D eigenvalue weighted by Crippen LogP contribution is -2.22. The summed E-state index contributed by atoms with van der Waals surface area (Å²) in [6.07, 6.45) is 3.76. The predicted molar refractivity (Wildman–Crippen MR) is 71.9 cm³/mol. The van der Waals surface area contributed by atoms with Crippen molar-refractivity contribution < 1.29 is 4.39 Å². The van der Waals surface area contributed by atoms with E-state index < -0.39 is 0 Å². The molecule has 0 aliphatic rings. The molecule has 1 aromatic heterocycles. The third-order valence-corrected chi connectivity index (χ3v) is 4.06. The second kappa shape index (κ2) is 5.54. The molecule has 2 atom stereocenters. The van der Waals surface area contributed by atoms with Crippen LogP contribution in [0.4, 0.5) is 4.39 Å². The zero-order valence-corrected chi connectivity index (χ0v) is 11.2. The minimum atomic E-state index is -0.228. The normalized spacial score (nSPS) is 14.4. The van der Waals surface area contributed by atoms with Gasteiger partial charge in [-0.15, -0.1) is 11.8 Å². The van der Waals surface area contributed by atoms with Crippen molar-refractivity contribution >= 4 is 11.8 Å². The molecule has 0 saturated heterocycles. The van der Waals surface area contributed by atoms with Gasteiger partial charge in [0, 0.05) is 29.4 Å². The number of hydrogen-bond acceptors (Lipinski definition) is 3. The van der Waals surface area contributed by atoms with E-state index in [-0.39, 0.29) is 17.1 Å². The standard InChI is InChI=1S/C13H16FN3S/c1-9(15)13(10-3-5-11(14)6-4-10)18-12-7-16-17(2)8-12/h3-9,13H,15H2,1-2H3. The lowest BCUT2D eigenvalue weighted by Gasteiger charge is -2.20. The molecule has 1 aromatic carbocycles. The summed E-state index contributed by atoms with van der Waals surface area (Å²) in [4.78, 5) is 1.06. The molecule has 96 valence electrons. The fourth-order valence-corrected chi connectivity index (χ4v) is 2.86. The van der Waals surface area contributed by atoms with E-state index in [1.165, 1.54) is 12.1 Å². The quantitative estimate of drug-likeness (QED) is 0.864. The molecule has 0 aliphatic carbocycles. The lowest BCUT2D eigenvalue weighted by molar-refractivity contribution is 0.625. The van der Waals surface area contributed by atoms with E-state index in [4.69, 9.17) is 5.73 Å². The smallest absolute Gasteiger partial charge is 0.123 e. The van der Waals surface area contributed by atoms with Gasteiger partial charge in [0.25, 0.3) is 0 Å². The average Bonchev–Trinajstić information content (AvgIpc) is 2.73. The van der Waals surface area contributed by atoms with Crippen LogP contribution in [0.5, 0.6) is 0 Å². The number of nitrogens with two attached hydrogens (primary N) is 1. The first-order valence-corrected chi connectivity index (χ1v) is 6.60. The largest absolute Gasteiger partial charge is 0.327 e. The summed E-state index contributed by atoms with van der Waals surface area (Å²) in [7, 11) is 1.88. The van der Waals surface area contributed by atoms with Gasteiger partial charge < -0.3 is 5.73 Å². The van der Waals surface area contributed by atoms with Crippen molar-refractivity contribution in [3.63, 3.8) is 0 Å². The van der Waals surface area contributed by atoms with Crippen LogP contribution in [0.1, 0.15) is 17.7 Å². The summed E-state index contributed by atoms with van der Waals surface area (Å²) in [5.74, 6) is -0.228. The highest BCUT2D eigenvalue weighted by Crippen LogP contribution is 2.36. The van der Waals surface area contributed by atoms with E-state index in [1.54, 1.807) is 28.6 Å². The maximum Gasteiger partial charge on any atom is 0.123 e. The van der Waals surface area contributed by atoms with E-state index in [2.05, 4.69) is 5.10 Å². The predicted octanol–water partition coefficient (Wildman–Crippen LogP) is 2.74. The van der Waals surface area contributed by atoms with Crippen LogP contribution in [-0.4, -0.2) is 15.8 Å². The minimum absolute atomic E-state index is 0.0272. The van der Waals surface area contributed by atoms with E-state index in [1.807, 2.05) is 26.4 Å². The molecule has 0 bridgehead atoms. The second-order valence-corrected chi connectivity index (χ2v) is 5.51. The van der Waals surface area contributed by atoms with E-state index in [0.29, 0.717) is 0 Å². The van der Waals surface area contributed by atoms with E-state index in [9.17, 15) is 4.39 Å². The van der Waals surface area contributed by atoms with Gasteiger partial charge in [-0.05, 0) is 24.6 Å². The maximum absolute atomic E-state index is 12.9. The van der Waals surface area contributed by atoms with Gasteiger partial charge in [0.05, 0.1) is 6.20 Å². The Bertz CT molecular complexity index is 507. The number of thioether (sulfide) groups is 1. The van der Waals surface area contributed by atoms with Crippen molar-refractivity contribution in [2.75, 3.05) is 0 Å². The Morgan fingerprint density at radius 1 is 1.33 bits per heavy atom. The minimum Gasteiger partial charge on any atom is -0.327 e. The Hall–Kier alpha value is -1.33. The Kier molecular flexibility index (Phi) is 4.04. The molecule has 1 heterocycles. The Labute approximate surface area is 110 Å². The van der Waals surface area contributed by atoms with E-state index >= 15 is 0 Å². The first-order chi connectivity index (χ1) is 8.56. The zero-order valence-electron chi connectivity index (χ0n) is 10.4. The van der Waals surface area contributed by atoms with Crippen LogP contribution in [0.25, 0.3) is 0 Å². The molecular weight excluding hydrogens is 249 g/mol. The Morgan fingerprint density at radius 2 is 2.00 bits per heavy atom. The van der Waals surface area contributed by atoms with Crippen LogP contribution in [0, 0.1) is 5.82 Å². The molecule has 2 N–H and O–H groups in total. The third-order valence-electron chi connectivity index (χ3n) is 2.62. The Balaban J connectivity index is 2.20. The molecule has 2 rings (SSSR count). The number of aryl methyl sites for hydroxylation is 1. The zero-order chi connectivity index (χ0) is 13.1. The molecule has 0 aliphatic heterocycles. The van der Waals surface area contributed by atoms with Gasteiger partial charge >= 0.3 is 0 Å². The topological polar surface area (TPSA) is 43.8 Å². The van der Waals surface area contributed by atoms with Crippen molar-refractivity contribution in [1.29, 1.82) is 0 Å². The molecule has 0 saturated carbocycles. The van der Waals surface area contributed by atoms with Gasteiger partial charge in [0.2, 0.25) is 0 Å². The van der Waals surface area contributed by atoms with Crippen LogP contribution < -0.4 is 5.73 Å². The monoisotopic (exact) mass is 265 g/mol. The van der Waals surface area contributed by atoms with Crippen molar-refractivity contribution in [2.24, 2.45) is 12.8 Å². The van der Waals surface area contributed by atoms with Crippen molar-refractivity contribution in [1.82, 2.24) is 9.78 Å². The van der Waals surface area contributed by atoms with Gasteiger partial charge in [0.15, 0.2) is 0 Å². The highest BCUT2D eigenvalue weighted by atomic mass is 32.2. The first-order valence-electron chi connectivity index (χ1n) is 5.72. The third kappa shape index (κ3) is 3.11. The van der Waals surface area contributed by atoms with Crippen LogP contribution in [0.3, 0.4) is 0 Å². The second-order valence-electron chi connectivity index (χ2n) is 4.30. The fraction of sp³-hybridized carbons (Fsp3) is 0.308. The van der Waals surface area contributed by atoms with Crippen LogP contribution in [0.15, 0.2) is 41.6 Å². The number of aromatic nitrogens is 2. The average molecular weight is 265 g/mol. The fourth-order valence-electron chi connectivity index (χ4n) is 1.74. The molecule has 0 fully saturated rings. The lowest BCUT2D eigenvalue weighted by atomic mass is 10.1. The number of benzene rings is 1. The molecule has 2 unspecified atom stereocenters. The number of rotatable bonds is 4. The van der Waals surface area contributed by atoms with Crippen LogP contribution >= 0.6 is 11.8 Å². The van der Waals surface area contributed by atoms with Crippen molar-refractivity contribution in [3.8, 4) is 0 Å². The molecule has 2 aromatic rings. The molecule has 0 radical (unpaired) electrons. The van der Waals surface area contributed by atoms with Crippen LogP contribution in [-0.2, 0) is 7.05 Å². The summed E-state index contributed by atoms with van der Waals surface area (Å²) in [6.45, 7) is 1.96.